The fourth-order valence-corrected chi connectivity index (χ4v) is 2.36. The predicted molar refractivity (Wildman–Crippen MR) is 79.6 cm³/mol. The van der Waals surface area contributed by atoms with Gasteiger partial charge in [-0.1, -0.05) is 6.07 Å². The van der Waals surface area contributed by atoms with Crippen molar-refractivity contribution in [1.29, 1.82) is 0 Å². The lowest BCUT2D eigenvalue weighted by molar-refractivity contribution is -0.154. The second-order valence-corrected chi connectivity index (χ2v) is 5.54. The lowest BCUT2D eigenvalue weighted by atomic mass is 10.1. The molecule has 1 aromatic rings. The standard InChI is InChI=1S/C15H20F3N3O3/c1-10(12-5-3-7-23-12)21-14(22)20-8-11-4-2-6-19-13(11)24-9-15(16,17)18/h2,4,6,10,12H,3,5,7-9H2,1H3,(H2,20,21,22)/t10-,12+/m0/s1. The molecule has 0 aliphatic carbocycles. The number of halogens is 3. The largest absolute Gasteiger partial charge is 0.468 e. The molecule has 9 heteroatoms. The Bertz CT molecular complexity index is 548. The monoisotopic (exact) mass is 347 g/mol. The number of rotatable bonds is 6. The third-order valence-electron chi connectivity index (χ3n) is 3.54. The van der Waals surface area contributed by atoms with Gasteiger partial charge in [0.1, 0.15) is 0 Å². The number of hydrogen-bond donors (Lipinski definition) is 2. The smallest absolute Gasteiger partial charge is 0.422 e. The molecular weight excluding hydrogens is 327 g/mol. The molecule has 2 amide bonds. The molecule has 2 atom stereocenters. The molecule has 0 bridgehead atoms. The van der Waals surface area contributed by atoms with Crippen LogP contribution in [0.4, 0.5) is 18.0 Å². The van der Waals surface area contributed by atoms with E-state index in [1.54, 1.807) is 12.1 Å². The summed E-state index contributed by atoms with van der Waals surface area (Å²) >= 11 is 0. The molecule has 134 valence electrons. The molecule has 24 heavy (non-hydrogen) atoms. The quantitative estimate of drug-likeness (QED) is 0.829. The minimum atomic E-state index is -4.45. The maximum Gasteiger partial charge on any atom is 0.422 e. The Labute approximate surface area is 137 Å². The van der Waals surface area contributed by atoms with Gasteiger partial charge in [0.05, 0.1) is 12.1 Å². The van der Waals surface area contributed by atoms with E-state index >= 15 is 0 Å². The van der Waals surface area contributed by atoms with Crippen LogP contribution in [-0.2, 0) is 11.3 Å². The molecule has 1 fully saturated rings. The maximum absolute atomic E-state index is 12.2. The van der Waals surface area contributed by atoms with Gasteiger partial charge in [-0.2, -0.15) is 13.2 Å². The summed E-state index contributed by atoms with van der Waals surface area (Å²) in [6.07, 6.45) is -1.28. The molecule has 1 aliphatic rings. The van der Waals surface area contributed by atoms with Crippen molar-refractivity contribution in [2.24, 2.45) is 0 Å². The highest BCUT2D eigenvalue weighted by atomic mass is 19.4. The van der Waals surface area contributed by atoms with E-state index in [9.17, 15) is 18.0 Å². The Kier molecular flexibility index (Phi) is 6.24. The summed E-state index contributed by atoms with van der Waals surface area (Å²) in [6, 6.07) is 2.53. The second kappa shape index (κ2) is 8.18. The molecule has 2 heterocycles. The summed E-state index contributed by atoms with van der Waals surface area (Å²) in [5, 5.41) is 5.34. The Morgan fingerprint density at radius 1 is 1.54 bits per heavy atom. The molecule has 0 unspecified atom stereocenters. The summed E-state index contributed by atoms with van der Waals surface area (Å²) in [5.41, 5.74) is 0.363. The summed E-state index contributed by atoms with van der Waals surface area (Å²) in [7, 11) is 0. The van der Waals surface area contributed by atoms with Crippen LogP contribution < -0.4 is 15.4 Å². The van der Waals surface area contributed by atoms with E-state index in [0.29, 0.717) is 12.2 Å². The van der Waals surface area contributed by atoms with Crippen LogP contribution in [0.1, 0.15) is 25.3 Å². The van der Waals surface area contributed by atoms with Crippen molar-refractivity contribution in [3.63, 3.8) is 0 Å². The summed E-state index contributed by atoms with van der Waals surface area (Å²) < 4.78 is 46.9. The van der Waals surface area contributed by atoms with E-state index in [4.69, 9.17) is 4.74 Å². The van der Waals surface area contributed by atoms with Crippen LogP contribution >= 0.6 is 0 Å². The SMILES string of the molecule is C[C@H](NC(=O)NCc1cccnc1OCC(F)(F)F)[C@H]1CCCO1. The lowest BCUT2D eigenvalue weighted by Crippen LogP contribution is -2.45. The van der Waals surface area contributed by atoms with Crippen LogP contribution in [0, 0.1) is 0 Å². The van der Waals surface area contributed by atoms with E-state index in [0.717, 1.165) is 12.8 Å². The molecule has 2 N–H and O–H groups in total. The number of alkyl halides is 3. The van der Waals surface area contributed by atoms with Crippen molar-refractivity contribution in [1.82, 2.24) is 15.6 Å². The first-order valence-corrected chi connectivity index (χ1v) is 7.64. The molecule has 0 aromatic carbocycles. The number of pyridine rings is 1. The van der Waals surface area contributed by atoms with Gasteiger partial charge < -0.3 is 20.1 Å². The van der Waals surface area contributed by atoms with E-state index in [2.05, 4.69) is 20.4 Å². The van der Waals surface area contributed by atoms with Crippen molar-refractivity contribution >= 4 is 6.03 Å². The molecule has 6 nitrogen and oxygen atoms in total. The number of carbonyl (C=O) groups is 1. The first-order valence-electron chi connectivity index (χ1n) is 7.64. The fraction of sp³-hybridized carbons (Fsp3) is 0.600. The minimum Gasteiger partial charge on any atom is -0.468 e. The minimum absolute atomic E-state index is 0.00507. The zero-order valence-corrected chi connectivity index (χ0v) is 13.2. The zero-order chi connectivity index (χ0) is 17.6. The lowest BCUT2D eigenvalue weighted by Gasteiger charge is -2.20. The van der Waals surface area contributed by atoms with Crippen molar-refractivity contribution in [2.45, 2.75) is 44.6 Å². The number of hydrogen-bond acceptors (Lipinski definition) is 4. The third-order valence-corrected chi connectivity index (χ3v) is 3.54. The Balaban J connectivity index is 1.83. The Hall–Kier alpha value is -2.03. The molecular formula is C15H20F3N3O3. The third kappa shape index (κ3) is 5.88. The first kappa shape index (κ1) is 18.3. The van der Waals surface area contributed by atoms with Crippen molar-refractivity contribution in [3.8, 4) is 5.88 Å². The van der Waals surface area contributed by atoms with Crippen LogP contribution in [-0.4, -0.2) is 42.6 Å². The second-order valence-electron chi connectivity index (χ2n) is 5.54. The van der Waals surface area contributed by atoms with Gasteiger partial charge in [0.15, 0.2) is 6.61 Å². The van der Waals surface area contributed by atoms with Gasteiger partial charge in [0, 0.05) is 24.9 Å². The topological polar surface area (TPSA) is 72.5 Å². The highest BCUT2D eigenvalue weighted by molar-refractivity contribution is 5.74. The average molecular weight is 347 g/mol. The molecule has 0 saturated carbocycles. The number of aromatic nitrogens is 1. The fourth-order valence-electron chi connectivity index (χ4n) is 2.36. The van der Waals surface area contributed by atoms with Gasteiger partial charge in [-0.15, -0.1) is 0 Å². The summed E-state index contributed by atoms with van der Waals surface area (Å²) in [6.45, 7) is 1.11. The van der Waals surface area contributed by atoms with Gasteiger partial charge in [0.2, 0.25) is 5.88 Å². The molecule has 0 radical (unpaired) electrons. The number of nitrogens with zero attached hydrogens (tertiary/aromatic N) is 1. The normalized spacial score (nSPS) is 18.9. The van der Waals surface area contributed by atoms with Crippen LogP contribution in [0.3, 0.4) is 0 Å². The summed E-state index contributed by atoms with van der Waals surface area (Å²) in [4.78, 5) is 15.7. The molecule has 1 aliphatic heterocycles. The number of carbonyl (C=O) groups excluding carboxylic acids is 1. The molecule has 2 rings (SSSR count). The van der Waals surface area contributed by atoms with Crippen LogP contribution in [0.25, 0.3) is 0 Å². The number of amides is 2. The van der Waals surface area contributed by atoms with Gasteiger partial charge >= 0.3 is 12.2 Å². The average Bonchev–Trinajstić information content (AvgIpc) is 3.05. The van der Waals surface area contributed by atoms with E-state index in [-0.39, 0.29) is 24.6 Å². The zero-order valence-electron chi connectivity index (χ0n) is 13.2. The molecule has 1 saturated heterocycles. The van der Waals surface area contributed by atoms with Gasteiger partial charge in [0.25, 0.3) is 0 Å². The van der Waals surface area contributed by atoms with Gasteiger partial charge in [-0.3, -0.25) is 0 Å². The predicted octanol–water partition coefficient (Wildman–Crippen LogP) is 2.39. The maximum atomic E-state index is 12.2. The van der Waals surface area contributed by atoms with E-state index in [1.807, 2.05) is 6.92 Å². The van der Waals surface area contributed by atoms with E-state index < -0.39 is 18.8 Å². The highest BCUT2D eigenvalue weighted by Gasteiger charge is 2.29. The number of urea groups is 1. The van der Waals surface area contributed by atoms with Crippen LogP contribution in [0.2, 0.25) is 0 Å². The van der Waals surface area contributed by atoms with Crippen molar-refractivity contribution in [3.05, 3.63) is 23.9 Å². The van der Waals surface area contributed by atoms with Crippen LogP contribution in [0.15, 0.2) is 18.3 Å². The summed E-state index contributed by atoms with van der Waals surface area (Å²) in [5.74, 6) is -0.151. The van der Waals surface area contributed by atoms with E-state index in [1.165, 1.54) is 6.20 Å². The van der Waals surface area contributed by atoms with Crippen molar-refractivity contribution in [2.75, 3.05) is 13.2 Å². The molecule has 1 aromatic heterocycles. The first-order chi connectivity index (χ1) is 11.3. The Morgan fingerprint density at radius 2 is 2.33 bits per heavy atom. The van der Waals surface area contributed by atoms with Crippen molar-refractivity contribution < 1.29 is 27.4 Å². The Morgan fingerprint density at radius 3 is 3.00 bits per heavy atom. The van der Waals surface area contributed by atoms with Gasteiger partial charge in [-0.25, -0.2) is 9.78 Å². The molecule has 0 spiro atoms. The van der Waals surface area contributed by atoms with Gasteiger partial charge in [-0.05, 0) is 25.8 Å². The van der Waals surface area contributed by atoms with Crippen LogP contribution in [0.5, 0.6) is 5.88 Å². The number of ether oxygens (including phenoxy) is 2. The number of nitrogens with one attached hydrogen (secondary N) is 2. The highest BCUT2D eigenvalue weighted by Crippen LogP contribution is 2.20.